The fourth-order valence-electron chi connectivity index (χ4n) is 4.19. The number of carboxylic acids is 1. The largest absolute Gasteiger partial charge is 0.481 e. The van der Waals surface area contributed by atoms with E-state index in [0.717, 1.165) is 24.1 Å². The van der Waals surface area contributed by atoms with Crippen LogP contribution in [0.4, 0.5) is 5.69 Å². The van der Waals surface area contributed by atoms with Gasteiger partial charge in [-0.05, 0) is 36.6 Å². The van der Waals surface area contributed by atoms with Gasteiger partial charge in [0.2, 0.25) is 5.91 Å². The summed E-state index contributed by atoms with van der Waals surface area (Å²) in [6, 6.07) is 14.4. The molecule has 9 heteroatoms. The highest BCUT2D eigenvalue weighted by atomic mass is 16.4. The van der Waals surface area contributed by atoms with Gasteiger partial charge >= 0.3 is 11.6 Å². The zero-order valence-electron chi connectivity index (χ0n) is 20.2. The number of aryl methyl sites for hydroxylation is 1. The monoisotopic (exact) mass is 488 g/mol. The second kappa shape index (κ2) is 11.0. The van der Waals surface area contributed by atoms with Gasteiger partial charge in [0.15, 0.2) is 0 Å². The van der Waals surface area contributed by atoms with Crippen molar-refractivity contribution in [1.29, 1.82) is 0 Å². The first kappa shape index (κ1) is 24.8. The highest BCUT2D eigenvalue weighted by molar-refractivity contribution is 5.96. The van der Waals surface area contributed by atoms with E-state index in [1.54, 1.807) is 36.0 Å². The van der Waals surface area contributed by atoms with Crippen LogP contribution in [0, 0.1) is 6.92 Å². The van der Waals surface area contributed by atoms with E-state index in [0.29, 0.717) is 29.5 Å². The van der Waals surface area contributed by atoms with Crippen LogP contribution in [0.5, 0.6) is 0 Å². The van der Waals surface area contributed by atoms with Crippen LogP contribution in [0.25, 0.3) is 11.0 Å². The van der Waals surface area contributed by atoms with Crippen LogP contribution in [0.15, 0.2) is 63.9 Å². The maximum Gasteiger partial charge on any atom is 0.340 e. The van der Waals surface area contributed by atoms with Gasteiger partial charge in [-0.1, -0.05) is 55.3 Å². The highest BCUT2D eigenvalue weighted by Gasteiger charge is 2.23. The van der Waals surface area contributed by atoms with E-state index >= 15 is 0 Å². The molecule has 0 saturated carbocycles. The molecule has 0 unspecified atom stereocenters. The number of nitrogens with zero attached hydrogens (tertiary/aromatic N) is 3. The number of unbranched alkanes of at least 4 members (excludes halogenated alkanes) is 1. The fourth-order valence-corrected chi connectivity index (χ4v) is 4.19. The van der Waals surface area contributed by atoms with Crippen molar-refractivity contribution < 1.29 is 19.1 Å². The second-order valence-corrected chi connectivity index (χ2v) is 8.77. The third-order valence-corrected chi connectivity index (χ3v) is 6.12. The molecule has 0 aliphatic heterocycles. The van der Waals surface area contributed by atoms with Gasteiger partial charge < -0.3 is 14.8 Å². The molecule has 186 valence electrons. The van der Waals surface area contributed by atoms with Crippen molar-refractivity contribution in [3.63, 3.8) is 0 Å². The van der Waals surface area contributed by atoms with Crippen LogP contribution < -0.4 is 10.9 Å². The topological polar surface area (TPSA) is 127 Å². The summed E-state index contributed by atoms with van der Waals surface area (Å²) in [6.07, 6.45) is 4.37. The van der Waals surface area contributed by atoms with Gasteiger partial charge in [0, 0.05) is 29.8 Å². The number of hydrogen-bond donors (Lipinski definition) is 2. The molecule has 2 N–H and O–H groups in total. The van der Waals surface area contributed by atoms with Crippen molar-refractivity contribution in [3.05, 3.63) is 87.5 Å². The normalized spacial score (nSPS) is 11.9. The first-order chi connectivity index (χ1) is 17.4. The molecular weight excluding hydrogens is 460 g/mol. The number of carbonyl (C=O) groups is 2. The maximum absolute atomic E-state index is 13.3. The molecule has 0 fully saturated rings. The van der Waals surface area contributed by atoms with Crippen molar-refractivity contribution in [1.82, 2.24) is 15.0 Å². The van der Waals surface area contributed by atoms with Crippen molar-refractivity contribution in [3.8, 4) is 0 Å². The highest BCUT2D eigenvalue weighted by Crippen LogP contribution is 2.25. The van der Waals surface area contributed by atoms with Crippen LogP contribution in [0.1, 0.15) is 54.6 Å². The molecule has 0 aliphatic carbocycles. The SMILES string of the molecule is CCCC[C@@H](C(=O)Nc1ccc2c(C)c(CC(=O)O)c(=O)oc2c1)n1cc(Cc2ccccc2)nn1. The third-order valence-electron chi connectivity index (χ3n) is 6.12. The molecule has 2 aromatic heterocycles. The summed E-state index contributed by atoms with van der Waals surface area (Å²) in [5.74, 6) is -1.35. The number of nitrogens with one attached hydrogen (secondary N) is 1. The molecule has 9 nitrogen and oxygen atoms in total. The Bertz CT molecular complexity index is 1440. The van der Waals surface area contributed by atoms with E-state index in [1.807, 2.05) is 30.3 Å². The summed E-state index contributed by atoms with van der Waals surface area (Å²) in [5.41, 5.74) is 2.60. The molecule has 2 aromatic carbocycles. The molecule has 4 rings (SSSR count). The van der Waals surface area contributed by atoms with E-state index in [4.69, 9.17) is 9.52 Å². The number of carboxylic acid groups (broad SMARTS) is 1. The summed E-state index contributed by atoms with van der Waals surface area (Å²) >= 11 is 0. The molecule has 1 atom stereocenters. The van der Waals surface area contributed by atoms with E-state index in [2.05, 4.69) is 22.6 Å². The Morgan fingerprint density at radius 2 is 1.94 bits per heavy atom. The van der Waals surface area contributed by atoms with Crippen LogP contribution in [0.2, 0.25) is 0 Å². The number of aromatic nitrogens is 3. The van der Waals surface area contributed by atoms with Crippen molar-refractivity contribution in [2.24, 2.45) is 0 Å². The molecule has 4 aromatic rings. The number of carbonyl (C=O) groups excluding carboxylic acids is 1. The number of hydrogen-bond acceptors (Lipinski definition) is 6. The standard InChI is InChI=1S/C27H28N4O5/c1-3-4-10-23(31-16-20(29-30-31)13-18-8-6-5-7-9-18)26(34)28-19-11-12-21-17(2)22(15-25(32)33)27(35)36-24(21)14-19/h5-9,11-12,14,16,23H,3-4,10,13,15H2,1-2H3,(H,28,34)(H,32,33)/t23-/m0/s1. The van der Waals surface area contributed by atoms with Gasteiger partial charge in [0.1, 0.15) is 11.6 Å². The number of fused-ring (bicyclic) bond motifs is 1. The Hall–Kier alpha value is -4.27. The second-order valence-electron chi connectivity index (χ2n) is 8.77. The van der Waals surface area contributed by atoms with E-state index in [1.165, 1.54) is 0 Å². The zero-order chi connectivity index (χ0) is 25.7. The lowest BCUT2D eigenvalue weighted by Gasteiger charge is -2.17. The molecule has 0 radical (unpaired) electrons. The van der Waals surface area contributed by atoms with Crippen LogP contribution in [-0.2, 0) is 22.4 Å². The Morgan fingerprint density at radius 1 is 1.17 bits per heavy atom. The van der Waals surface area contributed by atoms with Crippen LogP contribution in [0.3, 0.4) is 0 Å². The molecule has 0 bridgehead atoms. The van der Waals surface area contributed by atoms with Gasteiger partial charge in [0.25, 0.3) is 0 Å². The van der Waals surface area contributed by atoms with Crippen molar-refractivity contribution >= 4 is 28.5 Å². The van der Waals surface area contributed by atoms with Gasteiger partial charge in [-0.15, -0.1) is 5.10 Å². The Kier molecular flexibility index (Phi) is 7.58. The minimum atomic E-state index is -1.10. The number of aliphatic carboxylic acids is 1. The van der Waals surface area contributed by atoms with Crippen molar-refractivity contribution in [2.45, 2.75) is 52.0 Å². The minimum absolute atomic E-state index is 0.115. The first-order valence-electron chi connectivity index (χ1n) is 11.9. The average molecular weight is 489 g/mol. The lowest BCUT2D eigenvalue weighted by molar-refractivity contribution is -0.136. The van der Waals surface area contributed by atoms with E-state index in [9.17, 15) is 14.4 Å². The molecule has 0 aliphatic rings. The van der Waals surface area contributed by atoms with Crippen LogP contribution >= 0.6 is 0 Å². The molecule has 1 amide bonds. The van der Waals surface area contributed by atoms with Gasteiger partial charge in [-0.3, -0.25) is 9.59 Å². The Labute approximate surface area is 207 Å². The quantitative estimate of drug-likeness (QED) is 0.319. The van der Waals surface area contributed by atoms with Gasteiger partial charge in [-0.25, -0.2) is 9.48 Å². The molecular formula is C27H28N4O5. The van der Waals surface area contributed by atoms with Crippen molar-refractivity contribution in [2.75, 3.05) is 5.32 Å². The van der Waals surface area contributed by atoms with Gasteiger partial charge in [0.05, 0.1) is 17.7 Å². The smallest absolute Gasteiger partial charge is 0.340 e. The molecule has 2 heterocycles. The predicted molar refractivity (Wildman–Crippen MR) is 135 cm³/mol. The maximum atomic E-state index is 13.3. The number of amides is 1. The predicted octanol–water partition coefficient (Wildman–Crippen LogP) is 4.28. The summed E-state index contributed by atoms with van der Waals surface area (Å²) in [7, 11) is 0. The summed E-state index contributed by atoms with van der Waals surface area (Å²) in [5, 5.41) is 21.1. The number of rotatable bonds is 10. The lowest BCUT2D eigenvalue weighted by Crippen LogP contribution is -2.26. The minimum Gasteiger partial charge on any atom is -0.481 e. The molecule has 36 heavy (non-hydrogen) atoms. The molecule has 0 saturated heterocycles. The number of anilines is 1. The average Bonchev–Trinajstić information content (AvgIpc) is 3.30. The summed E-state index contributed by atoms with van der Waals surface area (Å²) in [6.45, 7) is 3.75. The third kappa shape index (κ3) is 5.68. The number of benzene rings is 2. The first-order valence-corrected chi connectivity index (χ1v) is 11.9. The summed E-state index contributed by atoms with van der Waals surface area (Å²) < 4.78 is 6.97. The van der Waals surface area contributed by atoms with E-state index < -0.39 is 24.1 Å². The summed E-state index contributed by atoms with van der Waals surface area (Å²) in [4.78, 5) is 36.7. The fraction of sp³-hybridized carbons (Fsp3) is 0.296. The Morgan fingerprint density at radius 3 is 2.67 bits per heavy atom. The molecule has 0 spiro atoms. The zero-order valence-corrected chi connectivity index (χ0v) is 20.2. The lowest BCUT2D eigenvalue weighted by atomic mass is 10.0. The van der Waals surface area contributed by atoms with E-state index in [-0.39, 0.29) is 17.1 Å². The van der Waals surface area contributed by atoms with Crippen LogP contribution in [-0.4, -0.2) is 32.0 Å². The Balaban J connectivity index is 1.56. The van der Waals surface area contributed by atoms with Gasteiger partial charge in [-0.2, -0.15) is 0 Å².